The van der Waals surface area contributed by atoms with Gasteiger partial charge in [-0.15, -0.1) is 0 Å². The zero-order chi connectivity index (χ0) is 17.5. The minimum absolute atomic E-state index is 0.0251. The first kappa shape index (κ1) is 17.7. The fraction of sp³-hybridized carbons (Fsp3) is 0.300. The number of hydrogen-bond acceptors (Lipinski definition) is 3. The molecule has 0 bridgehead atoms. The number of rotatable bonds is 6. The van der Waals surface area contributed by atoms with E-state index in [1.54, 1.807) is 0 Å². The summed E-state index contributed by atoms with van der Waals surface area (Å²) in [7, 11) is 0. The number of nitrogens with zero attached hydrogens (tertiary/aromatic N) is 2. The van der Waals surface area contributed by atoms with Crippen molar-refractivity contribution < 1.29 is 4.79 Å². The highest BCUT2D eigenvalue weighted by Gasteiger charge is 2.17. The molecule has 2 aromatic rings. The van der Waals surface area contributed by atoms with E-state index in [4.69, 9.17) is 5.26 Å². The maximum atomic E-state index is 12.3. The molecule has 0 radical (unpaired) electrons. The Balaban J connectivity index is 2.02. The van der Waals surface area contributed by atoms with Gasteiger partial charge in [-0.2, -0.15) is 5.26 Å². The second kappa shape index (κ2) is 8.28. The molecule has 0 saturated carbocycles. The Hall–Kier alpha value is -2.64. The molecule has 0 saturated heterocycles. The van der Waals surface area contributed by atoms with E-state index in [9.17, 15) is 4.79 Å². The van der Waals surface area contributed by atoms with Crippen LogP contribution in [0.3, 0.4) is 0 Å². The van der Waals surface area contributed by atoms with E-state index in [-0.39, 0.29) is 11.9 Å². The fourth-order valence-corrected chi connectivity index (χ4v) is 2.68. The van der Waals surface area contributed by atoms with E-state index < -0.39 is 0 Å². The lowest BCUT2D eigenvalue weighted by Crippen LogP contribution is -2.35. The van der Waals surface area contributed by atoms with Crippen molar-refractivity contribution in [2.75, 3.05) is 18.4 Å². The molecule has 4 heteroatoms. The SMILES string of the molecule is CCN(CC(=O)Nc1cccc(C)c1)C(C)c1ccc(C#N)cc1. The first-order valence-corrected chi connectivity index (χ1v) is 8.14. The van der Waals surface area contributed by atoms with E-state index in [1.165, 1.54) is 0 Å². The number of nitriles is 1. The van der Waals surface area contributed by atoms with Crippen LogP contribution in [0.2, 0.25) is 0 Å². The number of nitrogens with one attached hydrogen (secondary N) is 1. The predicted octanol–water partition coefficient (Wildman–Crippen LogP) is 3.89. The highest BCUT2D eigenvalue weighted by molar-refractivity contribution is 5.92. The van der Waals surface area contributed by atoms with E-state index in [2.05, 4.69) is 23.2 Å². The number of carbonyl (C=O) groups excluding carboxylic acids is 1. The van der Waals surface area contributed by atoms with Crippen molar-refractivity contribution in [3.05, 3.63) is 65.2 Å². The summed E-state index contributed by atoms with van der Waals surface area (Å²) in [6, 6.07) is 17.5. The Bertz CT molecular complexity index is 731. The van der Waals surface area contributed by atoms with Crippen LogP contribution in [0.4, 0.5) is 5.69 Å². The van der Waals surface area contributed by atoms with Crippen molar-refractivity contribution >= 4 is 11.6 Å². The third-order valence-electron chi connectivity index (χ3n) is 4.12. The molecule has 1 unspecified atom stereocenters. The topological polar surface area (TPSA) is 56.1 Å². The van der Waals surface area contributed by atoms with Crippen molar-refractivity contribution in [2.45, 2.75) is 26.8 Å². The summed E-state index contributed by atoms with van der Waals surface area (Å²) in [6.07, 6.45) is 0. The van der Waals surface area contributed by atoms with E-state index in [0.717, 1.165) is 23.4 Å². The van der Waals surface area contributed by atoms with Crippen LogP contribution in [0.1, 0.15) is 36.6 Å². The molecule has 2 rings (SSSR count). The summed E-state index contributed by atoms with van der Waals surface area (Å²) in [5.74, 6) is -0.0251. The molecule has 0 fully saturated rings. The third-order valence-corrected chi connectivity index (χ3v) is 4.12. The number of aryl methyl sites for hydroxylation is 1. The van der Waals surface area contributed by atoms with Gasteiger partial charge >= 0.3 is 0 Å². The highest BCUT2D eigenvalue weighted by Crippen LogP contribution is 2.20. The van der Waals surface area contributed by atoms with Gasteiger partial charge < -0.3 is 5.32 Å². The average molecular weight is 321 g/mol. The Labute approximate surface area is 143 Å². The summed E-state index contributed by atoms with van der Waals surface area (Å²) < 4.78 is 0. The summed E-state index contributed by atoms with van der Waals surface area (Å²) in [5, 5.41) is 11.8. The lowest BCUT2D eigenvalue weighted by molar-refractivity contribution is -0.117. The normalized spacial score (nSPS) is 11.8. The van der Waals surface area contributed by atoms with Crippen LogP contribution in [0.5, 0.6) is 0 Å². The van der Waals surface area contributed by atoms with Gasteiger partial charge in [0.15, 0.2) is 0 Å². The van der Waals surface area contributed by atoms with Gasteiger partial charge in [-0.3, -0.25) is 9.69 Å². The van der Waals surface area contributed by atoms with Crippen molar-refractivity contribution in [3.63, 3.8) is 0 Å². The maximum absolute atomic E-state index is 12.3. The molecule has 1 atom stereocenters. The van der Waals surface area contributed by atoms with Gasteiger partial charge in [0.2, 0.25) is 5.91 Å². The zero-order valence-corrected chi connectivity index (χ0v) is 14.4. The van der Waals surface area contributed by atoms with Crippen LogP contribution in [0, 0.1) is 18.3 Å². The fourth-order valence-electron chi connectivity index (χ4n) is 2.68. The second-order valence-electron chi connectivity index (χ2n) is 5.89. The number of anilines is 1. The first-order chi connectivity index (χ1) is 11.5. The van der Waals surface area contributed by atoms with Gasteiger partial charge in [-0.25, -0.2) is 0 Å². The van der Waals surface area contributed by atoms with E-state index in [1.807, 2.05) is 62.4 Å². The second-order valence-corrected chi connectivity index (χ2v) is 5.89. The largest absolute Gasteiger partial charge is 0.325 e. The quantitative estimate of drug-likeness (QED) is 0.878. The maximum Gasteiger partial charge on any atom is 0.238 e. The minimum Gasteiger partial charge on any atom is -0.325 e. The molecule has 0 aromatic heterocycles. The van der Waals surface area contributed by atoms with Gasteiger partial charge in [0.05, 0.1) is 18.2 Å². The average Bonchev–Trinajstić information content (AvgIpc) is 2.59. The highest BCUT2D eigenvalue weighted by atomic mass is 16.2. The Morgan fingerprint density at radius 1 is 1.25 bits per heavy atom. The van der Waals surface area contributed by atoms with Gasteiger partial charge in [-0.05, 0) is 55.8 Å². The van der Waals surface area contributed by atoms with Crippen LogP contribution >= 0.6 is 0 Å². The number of benzene rings is 2. The molecular weight excluding hydrogens is 298 g/mol. The molecule has 2 aromatic carbocycles. The third kappa shape index (κ3) is 4.68. The van der Waals surface area contributed by atoms with Crippen LogP contribution in [-0.4, -0.2) is 23.9 Å². The molecule has 0 aliphatic heterocycles. The molecule has 4 nitrogen and oxygen atoms in total. The summed E-state index contributed by atoms with van der Waals surface area (Å²) in [5.41, 5.74) is 3.68. The Morgan fingerprint density at radius 3 is 2.54 bits per heavy atom. The van der Waals surface area contributed by atoms with Gasteiger partial charge in [-0.1, -0.05) is 31.2 Å². The van der Waals surface area contributed by atoms with Crippen LogP contribution in [0.25, 0.3) is 0 Å². The number of hydrogen-bond donors (Lipinski definition) is 1. The van der Waals surface area contributed by atoms with Crippen LogP contribution in [0.15, 0.2) is 48.5 Å². The Morgan fingerprint density at radius 2 is 1.96 bits per heavy atom. The summed E-state index contributed by atoms with van der Waals surface area (Å²) in [6.45, 7) is 7.21. The Kier molecular flexibility index (Phi) is 6.11. The van der Waals surface area contributed by atoms with Gasteiger partial charge in [0.25, 0.3) is 0 Å². The zero-order valence-electron chi connectivity index (χ0n) is 14.4. The van der Waals surface area contributed by atoms with E-state index >= 15 is 0 Å². The number of likely N-dealkylation sites (N-methyl/N-ethyl adjacent to an activating group) is 1. The monoisotopic (exact) mass is 321 g/mol. The standard InChI is InChI=1S/C20H23N3O/c1-4-23(16(3)18-10-8-17(13-21)9-11-18)14-20(24)22-19-7-5-6-15(2)12-19/h5-12,16H,4,14H2,1-3H3,(H,22,24). The van der Waals surface area contributed by atoms with Crippen LogP contribution < -0.4 is 5.32 Å². The van der Waals surface area contributed by atoms with Crippen LogP contribution in [-0.2, 0) is 4.79 Å². The molecule has 0 aliphatic rings. The molecule has 1 N–H and O–H groups in total. The molecule has 1 amide bonds. The van der Waals surface area contributed by atoms with Crippen molar-refractivity contribution in [2.24, 2.45) is 0 Å². The van der Waals surface area contributed by atoms with Crippen molar-refractivity contribution in [3.8, 4) is 6.07 Å². The van der Waals surface area contributed by atoms with Crippen molar-refractivity contribution in [1.29, 1.82) is 5.26 Å². The molecular formula is C20H23N3O. The van der Waals surface area contributed by atoms with Crippen molar-refractivity contribution in [1.82, 2.24) is 4.90 Å². The van der Waals surface area contributed by atoms with Gasteiger partial charge in [0.1, 0.15) is 0 Å². The predicted molar refractivity (Wildman–Crippen MR) is 96.6 cm³/mol. The summed E-state index contributed by atoms with van der Waals surface area (Å²) >= 11 is 0. The smallest absolute Gasteiger partial charge is 0.238 e. The molecule has 24 heavy (non-hydrogen) atoms. The van der Waals surface area contributed by atoms with E-state index in [0.29, 0.717) is 12.1 Å². The molecule has 0 spiro atoms. The molecule has 0 aliphatic carbocycles. The lowest BCUT2D eigenvalue weighted by atomic mass is 10.0. The van der Waals surface area contributed by atoms with Gasteiger partial charge in [0, 0.05) is 11.7 Å². The molecule has 0 heterocycles. The minimum atomic E-state index is -0.0251. The number of carbonyl (C=O) groups is 1. The summed E-state index contributed by atoms with van der Waals surface area (Å²) in [4.78, 5) is 14.4. The lowest BCUT2D eigenvalue weighted by Gasteiger charge is -2.27. The molecule has 124 valence electrons. The first-order valence-electron chi connectivity index (χ1n) is 8.14. The number of amides is 1.